The van der Waals surface area contributed by atoms with Gasteiger partial charge in [0.1, 0.15) is 11.6 Å². The van der Waals surface area contributed by atoms with Crippen molar-refractivity contribution < 1.29 is 18.7 Å². The highest BCUT2D eigenvalue weighted by Gasteiger charge is 2.39. The van der Waals surface area contributed by atoms with E-state index in [2.05, 4.69) is 42.6 Å². The zero-order chi connectivity index (χ0) is 25.9. The molecule has 0 unspecified atom stereocenters. The first-order valence-electron chi connectivity index (χ1n) is 13.1. The number of carbonyl (C=O) groups is 2. The van der Waals surface area contributed by atoms with Crippen molar-refractivity contribution in [3.05, 3.63) is 100 Å². The standard InChI is InChI=1S/C31H33FN2O3/c1-3-28(30(35)33-19-21-5-4-6-25(32)17-21)37-26-14-13-22-15-16-34(31(36)24-11-12-24)29(27(22)18-26)23-9-7-20(2)8-10-23/h4-10,13-14,17-18,24,28-29H,3,11-12,15-16,19H2,1-2H3,(H,33,35)/t28-,29+/m1/s1. The van der Waals surface area contributed by atoms with Gasteiger partial charge in [0.15, 0.2) is 6.10 Å². The van der Waals surface area contributed by atoms with Crippen LogP contribution in [0.3, 0.4) is 0 Å². The molecule has 5 nitrogen and oxygen atoms in total. The van der Waals surface area contributed by atoms with E-state index >= 15 is 0 Å². The van der Waals surface area contributed by atoms with E-state index in [0.717, 1.165) is 30.4 Å². The highest BCUT2D eigenvalue weighted by molar-refractivity contribution is 5.82. The Morgan fingerprint density at radius 2 is 1.86 bits per heavy atom. The van der Waals surface area contributed by atoms with E-state index < -0.39 is 6.10 Å². The van der Waals surface area contributed by atoms with E-state index in [-0.39, 0.29) is 36.1 Å². The van der Waals surface area contributed by atoms with Crippen LogP contribution in [0.4, 0.5) is 4.39 Å². The molecule has 2 aliphatic rings. The molecule has 0 spiro atoms. The summed E-state index contributed by atoms with van der Waals surface area (Å²) in [5.74, 6) is 0.391. The number of carbonyl (C=O) groups excluding carboxylic acids is 2. The average molecular weight is 501 g/mol. The number of aryl methyl sites for hydroxylation is 1. The second-order valence-electron chi connectivity index (χ2n) is 10.1. The Hall–Kier alpha value is -3.67. The zero-order valence-corrected chi connectivity index (χ0v) is 21.4. The minimum absolute atomic E-state index is 0.139. The summed E-state index contributed by atoms with van der Waals surface area (Å²) in [5.41, 5.74) is 5.20. The van der Waals surface area contributed by atoms with Crippen LogP contribution in [0.1, 0.15) is 60.0 Å². The monoisotopic (exact) mass is 500 g/mol. The van der Waals surface area contributed by atoms with Gasteiger partial charge in [-0.15, -0.1) is 0 Å². The Morgan fingerprint density at radius 3 is 2.57 bits per heavy atom. The van der Waals surface area contributed by atoms with Gasteiger partial charge in [0.05, 0.1) is 6.04 Å². The zero-order valence-electron chi connectivity index (χ0n) is 21.4. The molecule has 2 amide bonds. The molecule has 1 fully saturated rings. The van der Waals surface area contributed by atoms with Gasteiger partial charge in [0, 0.05) is 19.0 Å². The van der Waals surface area contributed by atoms with Crippen molar-refractivity contribution in [1.82, 2.24) is 10.2 Å². The van der Waals surface area contributed by atoms with Gasteiger partial charge in [-0.25, -0.2) is 4.39 Å². The summed E-state index contributed by atoms with van der Waals surface area (Å²) in [6, 6.07) is 20.3. The minimum Gasteiger partial charge on any atom is -0.481 e. The lowest BCUT2D eigenvalue weighted by atomic mass is 9.87. The predicted octanol–water partition coefficient (Wildman–Crippen LogP) is 5.49. The minimum atomic E-state index is -0.683. The Labute approximate surface area is 217 Å². The first kappa shape index (κ1) is 25.0. The molecule has 1 N–H and O–H groups in total. The lowest BCUT2D eigenvalue weighted by molar-refractivity contribution is -0.134. The maximum atomic E-state index is 13.5. The van der Waals surface area contributed by atoms with Crippen molar-refractivity contribution in [2.24, 2.45) is 5.92 Å². The van der Waals surface area contributed by atoms with E-state index in [4.69, 9.17) is 4.74 Å². The van der Waals surface area contributed by atoms with E-state index in [1.165, 1.54) is 23.3 Å². The Kier molecular flexibility index (Phi) is 7.26. The molecule has 0 aromatic heterocycles. The van der Waals surface area contributed by atoms with Gasteiger partial charge in [0.25, 0.3) is 5.91 Å². The van der Waals surface area contributed by atoms with Gasteiger partial charge in [0.2, 0.25) is 5.91 Å². The molecule has 3 aromatic carbocycles. The van der Waals surface area contributed by atoms with Crippen LogP contribution in [0.15, 0.2) is 66.7 Å². The summed E-state index contributed by atoms with van der Waals surface area (Å²) < 4.78 is 19.7. The average Bonchev–Trinajstić information content (AvgIpc) is 3.75. The SMILES string of the molecule is CC[C@@H](Oc1ccc2c(c1)[C@H](c1ccc(C)cc1)N(C(=O)C1CC1)CC2)C(=O)NCc1cccc(F)c1. The summed E-state index contributed by atoms with van der Waals surface area (Å²) in [4.78, 5) is 28.2. The van der Waals surface area contributed by atoms with Gasteiger partial charge in [-0.3, -0.25) is 9.59 Å². The van der Waals surface area contributed by atoms with Crippen LogP contribution in [0.2, 0.25) is 0 Å². The number of halogens is 1. The number of hydrogen-bond donors (Lipinski definition) is 1. The summed E-state index contributed by atoms with van der Waals surface area (Å²) in [6.45, 7) is 4.88. The maximum absolute atomic E-state index is 13.5. The van der Waals surface area contributed by atoms with Crippen molar-refractivity contribution in [2.45, 2.75) is 58.2 Å². The number of benzene rings is 3. The van der Waals surface area contributed by atoms with Crippen molar-refractivity contribution >= 4 is 11.8 Å². The number of nitrogens with zero attached hydrogens (tertiary/aromatic N) is 1. The fourth-order valence-corrected chi connectivity index (χ4v) is 5.01. The topological polar surface area (TPSA) is 58.6 Å². The van der Waals surface area contributed by atoms with E-state index in [1.54, 1.807) is 12.1 Å². The Balaban J connectivity index is 1.37. The molecule has 5 rings (SSSR count). The summed E-state index contributed by atoms with van der Waals surface area (Å²) in [5, 5.41) is 2.86. The Bertz CT molecular complexity index is 1290. The fraction of sp³-hybridized carbons (Fsp3) is 0.355. The number of rotatable bonds is 8. The van der Waals surface area contributed by atoms with E-state index in [1.807, 2.05) is 24.0 Å². The summed E-state index contributed by atoms with van der Waals surface area (Å²) in [7, 11) is 0. The van der Waals surface area contributed by atoms with Gasteiger partial charge < -0.3 is 15.0 Å². The maximum Gasteiger partial charge on any atom is 0.261 e. The molecular formula is C31H33FN2O3. The number of ether oxygens (including phenoxy) is 1. The predicted molar refractivity (Wildman–Crippen MR) is 141 cm³/mol. The number of nitrogens with one attached hydrogen (secondary N) is 1. The molecule has 37 heavy (non-hydrogen) atoms. The molecule has 1 aliphatic heterocycles. The molecule has 1 aliphatic carbocycles. The van der Waals surface area contributed by atoms with Crippen molar-refractivity contribution in [2.75, 3.05) is 6.54 Å². The van der Waals surface area contributed by atoms with E-state index in [0.29, 0.717) is 24.3 Å². The normalized spacial score (nSPS) is 17.6. The Morgan fingerprint density at radius 1 is 1.08 bits per heavy atom. The highest BCUT2D eigenvalue weighted by Crippen LogP contribution is 2.41. The van der Waals surface area contributed by atoms with Crippen LogP contribution < -0.4 is 10.1 Å². The lowest BCUT2D eigenvalue weighted by Gasteiger charge is -2.38. The van der Waals surface area contributed by atoms with Crippen molar-refractivity contribution in [1.29, 1.82) is 0 Å². The van der Waals surface area contributed by atoms with Crippen LogP contribution in [0, 0.1) is 18.7 Å². The van der Waals surface area contributed by atoms with Crippen LogP contribution in [-0.2, 0) is 22.6 Å². The molecule has 6 heteroatoms. The fourth-order valence-electron chi connectivity index (χ4n) is 5.01. The number of amides is 2. The second-order valence-corrected chi connectivity index (χ2v) is 10.1. The van der Waals surface area contributed by atoms with Gasteiger partial charge in [-0.2, -0.15) is 0 Å². The van der Waals surface area contributed by atoms with Crippen LogP contribution in [0.25, 0.3) is 0 Å². The first-order valence-corrected chi connectivity index (χ1v) is 13.1. The van der Waals surface area contributed by atoms with Gasteiger partial charge in [-0.1, -0.05) is 55.0 Å². The quantitative estimate of drug-likeness (QED) is 0.445. The van der Waals surface area contributed by atoms with Crippen LogP contribution in [0.5, 0.6) is 5.75 Å². The molecule has 0 radical (unpaired) electrons. The molecule has 1 heterocycles. The second kappa shape index (κ2) is 10.8. The van der Waals surface area contributed by atoms with Gasteiger partial charge >= 0.3 is 0 Å². The lowest BCUT2D eigenvalue weighted by Crippen LogP contribution is -2.41. The summed E-state index contributed by atoms with van der Waals surface area (Å²) in [6.07, 6.45) is 2.53. The van der Waals surface area contributed by atoms with Gasteiger partial charge in [-0.05, 0) is 79.1 Å². The largest absolute Gasteiger partial charge is 0.481 e. The van der Waals surface area contributed by atoms with Crippen molar-refractivity contribution in [3.63, 3.8) is 0 Å². The van der Waals surface area contributed by atoms with E-state index in [9.17, 15) is 14.0 Å². The number of fused-ring (bicyclic) bond motifs is 1. The molecule has 0 saturated heterocycles. The molecular weight excluding hydrogens is 467 g/mol. The molecule has 192 valence electrons. The molecule has 2 atom stereocenters. The summed E-state index contributed by atoms with van der Waals surface area (Å²) >= 11 is 0. The smallest absolute Gasteiger partial charge is 0.261 e. The van der Waals surface area contributed by atoms with Crippen molar-refractivity contribution in [3.8, 4) is 5.75 Å². The van der Waals surface area contributed by atoms with Crippen LogP contribution >= 0.6 is 0 Å². The number of hydrogen-bond acceptors (Lipinski definition) is 3. The third-order valence-corrected chi connectivity index (χ3v) is 7.25. The molecule has 0 bridgehead atoms. The third-order valence-electron chi connectivity index (χ3n) is 7.25. The van der Waals surface area contributed by atoms with Crippen LogP contribution in [-0.4, -0.2) is 29.4 Å². The highest BCUT2D eigenvalue weighted by atomic mass is 19.1. The molecule has 3 aromatic rings. The third kappa shape index (κ3) is 5.68. The first-order chi connectivity index (χ1) is 17.9. The molecule has 1 saturated carbocycles.